The molecule has 1 fully saturated rings. The Morgan fingerprint density at radius 2 is 2.53 bits per heavy atom. The molecule has 0 aromatic carbocycles. The fraction of sp³-hybridized carbons (Fsp3) is 0.700. The number of ether oxygens (including phenoxy) is 1. The molecule has 0 saturated carbocycles. The van der Waals surface area contributed by atoms with E-state index in [0.29, 0.717) is 38.5 Å². The molecule has 1 aromatic heterocycles. The molecule has 7 nitrogen and oxygen atoms in total. The molecule has 1 aliphatic heterocycles. The molecule has 2 rings (SSSR count). The van der Waals surface area contributed by atoms with Crippen molar-refractivity contribution in [2.45, 2.75) is 19.5 Å². The van der Waals surface area contributed by atoms with Gasteiger partial charge in [0, 0.05) is 13.1 Å². The molecule has 2 heterocycles. The number of hydrogen-bond acceptors (Lipinski definition) is 5. The van der Waals surface area contributed by atoms with Crippen molar-refractivity contribution in [2.75, 3.05) is 26.3 Å². The van der Waals surface area contributed by atoms with Gasteiger partial charge >= 0.3 is 0 Å². The highest BCUT2D eigenvalue weighted by Crippen LogP contribution is 2.10. The maximum Gasteiger partial charge on any atom is 0.276 e. The second kappa shape index (κ2) is 5.24. The van der Waals surface area contributed by atoms with Crippen molar-refractivity contribution >= 4 is 5.91 Å². The van der Waals surface area contributed by atoms with Crippen LogP contribution in [0.2, 0.25) is 0 Å². The average Bonchev–Trinajstić information content (AvgIpc) is 2.78. The largest absolute Gasteiger partial charge is 0.377 e. The SMILES string of the molecule is CC1COCCN1C(=O)c1cn(CCN)nn1. The van der Waals surface area contributed by atoms with Gasteiger partial charge in [-0.15, -0.1) is 5.10 Å². The Morgan fingerprint density at radius 1 is 1.71 bits per heavy atom. The van der Waals surface area contributed by atoms with Crippen molar-refractivity contribution in [3.8, 4) is 0 Å². The van der Waals surface area contributed by atoms with E-state index in [1.807, 2.05) is 6.92 Å². The lowest BCUT2D eigenvalue weighted by molar-refractivity contribution is 0.00326. The molecule has 0 spiro atoms. The molecule has 1 unspecified atom stereocenters. The first-order valence-corrected chi connectivity index (χ1v) is 5.71. The summed E-state index contributed by atoms with van der Waals surface area (Å²) in [6.45, 7) is 4.75. The number of carbonyl (C=O) groups excluding carboxylic acids is 1. The maximum absolute atomic E-state index is 12.2. The van der Waals surface area contributed by atoms with Crippen molar-refractivity contribution in [1.82, 2.24) is 19.9 Å². The Hall–Kier alpha value is -1.47. The number of rotatable bonds is 3. The Balaban J connectivity index is 2.07. The summed E-state index contributed by atoms with van der Waals surface area (Å²) in [6, 6.07) is 0.0795. The molecule has 94 valence electrons. The first-order valence-electron chi connectivity index (χ1n) is 5.71. The van der Waals surface area contributed by atoms with E-state index < -0.39 is 0 Å². The van der Waals surface area contributed by atoms with Gasteiger partial charge < -0.3 is 15.4 Å². The third-order valence-corrected chi connectivity index (χ3v) is 2.74. The minimum atomic E-state index is -0.0935. The van der Waals surface area contributed by atoms with E-state index in [0.717, 1.165) is 0 Å². The molecular formula is C10H17N5O2. The van der Waals surface area contributed by atoms with Gasteiger partial charge in [-0.3, -0.25) is 9.48 Å². The topological polar surface area (TPSA) is 86.3 Å². The molecule has 2 N–H and O–H groups in total. The van der Waals surface area contributed by atoms with Crippen molar-refractivity contribution in [1.29, 1.82) is 0 Å². The van der Waals surface area contributed by atoms with Crippen molar-refractivity contribution in [3.05, 3.63) is 11.9 Å². The van der Waals surface area contributed by atoms with Crippen LogP contribution >= 0.6 is 0 Å². The second-order valence-electron chi connectivity index (χ2n) is 4.08. The molecule has 1 amide bonds. The second-order valence-corrected chi connectivity index (χ2v) is 4.08. The normalized spacial score (nSPS) is 20.6. The van der Waals surface area contributed by atoms with E-state index in [1.54, 1.807) is 15.8 Å². The van der Waals surface area contributed by atoms with E-state index in [9.17, 15) is 4.79 Å². The highest BCUT2D eigenvalue weighted by Gasteiger charge is 2.26. The monoisotopic (exact) mass is 239 g/mol. The summed E-state index contributed by atoms with van der Waals surface area (Å²) in [5, 5.41) is 7.72. The van der Waals surface area contributed by atoms with E-state index in [1.165, 1.54) is 0 Å². The lowest BCUT2D eigenvalue weighted by Gasteiger charge is -2.32. The molecule has 1 aliphatic rings. The van der Waals surface area contributed by atoms with Gasteiger partial charge in [0.1, 0.15) is 0 Å². The third-order valence-electron chi connectivity index (χ3n) is 2.74. The van der Waals surface area contributed by atoms with E-state index in [-0.39, 0.29) is 11.9 Å². The zero-order chi connectivity index (χ0) is 12.3. The maximum atomic E-state index is 12.2. The summed E-state index contributed by atoms with van der Waals surface area (Å²) in [5.74, 6) is -0.0935. The molecule has 1 atom stereocenters. The molecule has 1 saturated heterocycles. The molecular weight excluding hydrogens is 222 g/mol. The summed E-state index contributed by atoms with van der Waals surface area (Å²) in [4.78, 5) is 13.9. The number of nitrogens with zero attached hydrogens (tertiary/aromatic N) is 4. The number of morpholine rings is 1. The number of aromatic nitrogens is 3. The van der Waals surface area contributed by atoms with Gasteiger partial charge in [-0.2, -0.15) is 0 Å². The fourth-order valence-electron chi connectivity index (χ4n) is 1.81. The van der Waals surface area contributed by atoms with Gasteiger partial charge in [0.15, 0.2) is 5.69 Å². The van der Waals surface area contributed by atoms with Crippen LogP contribution in [0.25, 0.3) is 0 Å². The van der Waals surface area contributed by atoms with Gasteiger partial charge in [-0.1, -0.05) is 5.21 Å². The van der Waals surface area contributed by atoms with E-state index in [2.05, 4.69) is 10.3 Å². The third kappa shape index (κ3) is 2.62. The van der Waals surface area contributed by atoms with Crippen LogP contribution in [0.5, 0.6) is 0 Å². The predicted octanol–water partition coefficient (Wildman–Crippen LogP) is -0.902. The molecule has 7 heteroatoms. The Morgan fingerprint density at radius 3 is 3.24 bits per heavy atom. The van der Waals surface area contributed by atoms with Crippen LogP contribution in [0.4, 0.5) is 0 Å². The van der Waals surface area contributed by atoms with Crippen LogP contribution < -0.4 is 5.73 Å². The molecule has 0 radical (unpaired) electrons. The van der Waals surface area contributed by atoms with Crippen LogP contribution in [-0.4, -0.2) is 58.1 Å². The minimum absolute atomic E-state index is 0.0795. The number of carbonyl (C=O) groups is 1. The van der Waals surface area contributed by atoms with Crippen molar-refractivity contribution in [3.63, 3.8) is 0 Å². The number of nitrogens with two attached hydrogens (primary N) is 1. The summed E-state index contributed by atoms with van der Waals surface area (Å²) in [6.07, 6.45) is 1.64. The van der Waals surface area contributed by atoms with Gasteiger partial charge in [0.05, 0.1) is 32.0 Å². The molecule has 0 bridgehead atoms. The minimum Gasteiger partial charge on any atom is -0.377 e. The summed E-state index contributed by atoms with van der Waals surface area (Å²) in [7, 11) is 0. The Labute approximate surface area is 99.5 Å². The van der Waals surface area contributed by atoms with Gasteiger partial charge in [-0.25, -0.2) is 0 Å². The average molecular weight is 239 g/mol. The number of hydrogen-bond donors (Lipinski definition) is 1. The van der Waals surface area contributed by atoms with Crippen LogP contribution in [0, 0.1) is 0 Å². The zero-order valence-corrected chi connectivity index (χ0v) is 9.87. The first kappa shape index (κ1) is 12.0. The lowest BCUT2D eigenvalue weighted by Crippen LogP contribution is -2.47. The Kier molecular flexibility index (Phi) is 3.70. The number of amides is 1. The molecule has 0 aliphatic carbocycles. The zero-order valence-electron chi connectivity index (χ0n) is 9.87. The van der Waals surface area contributed by atoms with Crippen molar-refractivity contribution in [2.24, 2.45) is 5.73 Å². The van der Waals surface area contributed by atoms with Crippen molar-refractivity contribution < 1.29 is 9.53 Å². The Bertz CT molecular complexity index is 392. The smallest absolute Gasteiger partial charge is 0.276 e. The first-order chi connectivity index (χ1) is 8.22. The predicted molar refractivity (Wildman–Crippen MR) is 60.4 cm³/mol. The standard InChI is InChI=1S/C10H17N5O2/c1-8-7-17-5-4-15(8)10(16)9-6-14(3-2-11)13-12-9/h6,8H,2-5,7,11H2,1H3. The van der Waals surface area contributed by atoms with E-state index >= 15 is 0 Å². The summed E-state index contributed by atoms with van der Waals surface area (Å²) >= 11 is 0. The summed E-state index contributed by atoms with van der Waals surface area (Å²) < 4.78 is 6.87. The van der Waals surface area contributed by atoms with Gasteiger partial charge in [0.2, 0.25) is 0 Å². The highest BCUT2D eigenvalue weighted by atomic mass is 16.5. The van der Waals surface area contributed by atoms with Crippen LogP contribution in [0.15, 0.2) is 6.20 Å². The molecule has 17 heavy (non-hydrogen) atoms. The van der Waals surface area contributed by atoms with Crippen LogP contribution in [0.1, 0.15) is 17.4 Å². The quantitative estimate of drug-likeness (QED) is 0.738. The van der Waals surface area contributed by atoms with Gasteiger partial charge in [-0.05, 0) is 6.92 Å². The van der Waals surface area contributed by atoms with Crippen LogP contribution in [0.3, 0.4) is 0 Å². The molecule has 1 aromatic rings. The fourth-order valence-corrected chi connectivity index (χ4v) is 1.81. The lowest BCUT2D eigenvalue weighted by atomic mass is 10.2. The summed E-state index contributed by atoms with van der Waals surface area (Å²) in [5.41, 5.74) is 5.78. The van der Waals surface area contributed by atoms with Crippen LogP contribution in [-0.2, 0) is 11.3 Å². The van der Waals surface area contributed by atoms with E-state index in [4.69, 9.17) is 10.5 Å². The highest BCUT2D eigenvalue weighted by molar-refractivity contribution is 5.92. The van der Waals surface area contributed by atoms with Gasteiger partial charge in [0.25, 0.3) is 5.91 Å².